The maximum Gasteiger partial charge on any atom is 0.472 e. The predicted molar refractivity (Wildman–Crippen MR) is 103 cm³/mol. The standard InChI is InChI=1S/C20H39O4P/c1-5-19(6-2)13-9-17(10-14-19)23-25(21,22)24-18-11-15-20(7-3,8-4)16-12-18/h17-18H,5-16H2,1-4H3,(H,21,22). The lowest BCUT2D eigenvalue weighted by Gasteiger charge is -2.40. The highest BCUT2D eigenvalue weighted by Crippen LogP contribution is 2.53. The van der Waals surface area contributed by atoms with E-state index in [-0.39, 0.29) is 12.2 Å². The van der Waals surface area contributed by atoms with Gasteiger partial charge < -0.3 is 4.89 Å². The summed E-state index contributed by atoms with van der Waals surface area (Å²) in [4.78, 5) is 10.2. The van der Waals surface area contributed by atoms with Gasteiger partial charge in [0.15, 0.2) is 0 Å². The smallest absolute Gasteiger partial charge is 0.302 e. The van der Waals surface area contributed by atoms with Crippen molar-refractivity contribution in [2.24, 2.45) is 10.8 Å². The first-order valence-electron chi connectivity index (χ1n) is 10.5. The SMILES string of the molecule is CCC1(CC)CCC(OP(=O)(O)OC2CCC(CC)(CC)CC2)CC1. The molecule has 2 aliphatic carbocycles. The van der Waals surface area contributed by atoms with Crippen LogP contribution in [0.2, 0.25) is 0 Å². The van der Waals surface area contributed by atoms with Crippen LogP contribution >= 0.6 is 7.82 Å². The molecule has 2 fully saturated rings. The summed E-state index contributed by atoms with van der Waals surface area (Å²) in [7, 11) is -3.95. The number of phosphoric acid groups is 1. The lowest BCUT2D eigenvalue weighted by Crippen LogP contribution is -2.31. The maximum atomic E-state index is 12.5. The molecule has 0 amide bonds. The van der Waals surface area contributed by atoms with E-state index in [1.165, 1.54) is 25.7 Å². The first-order valence-corrected chi connectivity index (χ1v) is 12.0. The van der Waals surface area contributed by atoms with Crippen LogP contribution in [0, 0.1) is 10.8 Å². The molecule has 0 aromatic rings. The third-order valence-corrected chi connectivity index (χ3v) is 8.68. The van der Waals surface area contributed by atoms with Crippen molar-refractivity contribution < 1.29 is 18.5 Å². The quantitative estimate of drug-likeness (QED) is 0.485. The number of hydrogen-bond acceptors (Lipinski definition) is 3. The van der Waals surface area contributed by atoms with Gasteiger partial charge in [0, 0.05) is 0 Å². The molecule has 0 heterocycles. The van der Waals surface area contributed by atoms with Crippen LogP contribution in [0.15, 0.2) is 0 Å². The van der Waals surface area contributed by atoms with E-state index in [9.17, 15) is 9.46 Å². The molecule has 2 aliphatic rings. The van der Waals surface area contributed by atoms with Crippen molar-refractivity contribution in [1.29, 1.82) is 0 Å². The summed E-state index contributed by atoms with van der Waals surface area (Å²) < 4.78 is 23.6. The molecule has 0 atom stereocenters. The lowest BCUT2D eigenvalue weighted by molar-refractivity contribution is 0.00917. The van der Waals surface area contributed by atoms with Crippen molar-refractivity contribution in [2.45, 2.75) is 117 Å². The van der Waals surface area contributed by atoms with Crippen molar-refractivity contribution in [3.05, 3.63) is 0 Å². The van der Waals surface area contributed by atoms with Gasteiger partial charge in [-0.1, -0.05) is 53.4 Å². The maximum absolute atomic E-state index is 12.5. The molecule has 0 unspecified atom stereocenters. The summed E-state index contributed by atoms with van der Waals surface area (Å²) in [6.45, 7) is 9.00. The zero-order valence-corrected chi connectivity index (χ0v) is 17.7. The van der Waals surface area contributed by atoms with Crippen LogP contribution in [0.1, 0.15) is 105 Å². The summed E-state index contributed by atoms with van der Waals surface area (Å²) in [6.07, 6.45) is 12.3. The molecule has 148 valence electrons. The molecule has 0 spiro atoms. The molecule has 5 heteroatoms. The van der Waals surface area contributed by atoms with Crippen LogP contribution in [0.25, 0.3) is 0 Å². The monoisotopic (exact) mass is 374 g/mol. The highest BCUT2D eigenvalue weighted by Gasteiger charge is 2.39. The van der Waals surface area contributed by atoms with Gasteiger partial charge in [-0.25, -0.2) is 4.57 Å². The molecule has 0 saturated heterocycles. The van der Waals surface area contributed by atoms with E-state index in [1.54, 1.807) is 0 Å². The lowest BCUT2D eigenvalue weighted by atomic mass is 9.70. The largest absolute Gasteiger partial charge is 0.472 e. The molecule has 0 bridgehead atoms. The molecule has 0 aromatic carbocycles. The van der Waals surface area contributed by atoms with E-state index >= 15 is 0 Å². The Morgan fingerprint density at radius 3 is 1.28 bits per heavy atom. The van der Waals surface area contributed by atoms with Crippen molar-refractivity contribution in [3.8, 4) is 0 Å². The van der Waals surface area contributed by atoms with E-state index in [2.05, 4.69) is 27.7 Å². The minimum absolute atomic E-state index is 0.129. The number of hydrogen-bond donors (Lipinski definition) is 1. The predicted octanol–water partition coefficient (Wildman–Crippen LogP) is 6.62. The van der Waals surface area contributed by atoms with Gasteiger partial charge in [-0.05, 0) is 62.2 Å². The van der Waals surface area contributed by atoms with Crippen molar-refractivity contribution in [3.63, 3.8) is 0 Å². The fourth-order valence-corrected chi connectivity index (χ4v) is 6.16. The Morgan fingerprint density at radius 1 is 0.760 bits per heavy atom. The van der Waals surface area contributed by atoms with Crippen LogP contribution in [-0.2, 0) is 13.6 Å². The van der Waals surface area contributed by atoms with Crippen LogP contribution in [0.4, 0.5) is 0 Å². The first kappa shape index (κ1) is 21.4. The van der Waals surface area contributed by atoms with E-state index in [0.29, 0.717) is 10.8 Å². The van der Waals surface area contributed by atoms with E-state index < -0.39 is 7.82 Å². The fraction of sp³-hybridized carbons (Fsp3) is 1.00. The Bertz CT molecular complexity index is 399. The fourth-order valence-electron chi connectivity index (χ4n) is 4.93. The summed E-state index contributed by atoms with van der Waals surface area (Å²) in [5.41, 5.74) is 0.820. The van der Waals surface area contributed by atoms with Crippen LogP contribution in [0.3, 0.4) is 0 Å². The van der Waals surface area contributed by atoms with Gasteiger partial charge in [-0.15, -0.1) is 0 Å². The van der Waals surface area contributed by atoms with Crippen molar-refractivity contribution in [2.75, 3.05) is 0 Å². The Hall–Kier alpha value is 0.110. The molecule has 1 N–H and O–H groups in total. The summed E-state index contributed by atoms with van der Waals surface area (Å²) in [5.74, 6) is 0. The van der Waals surface area contributed by atoms with E-state index in [4.69, 9.17) is 9.05 Å². The van der Waals surface area contributed by atoms with Crippen molar-refractivity contribution in [1.82, 2.24) is 0 Å². The van der Waals surface area contributed by atoms with Crippen LogP contribution < -0.4 is 0 Å². The van der Waals surface area contributed by atoms with E-state index in [1.807, 2.05) is 0 Å². The Morgan fingerprint density at radius 2 is 1.04 bits per heavy atom. The van der Waals surface area contributed by atoms with E-state index in [0.717, 1.165) is 51.4 Å². The molecular formula is C20H39O4P. The zero-order chi connectivity index (χ0) is 18.6. The Balaban J connectivity index is 1.80. The van der Waals surface area contributed by atoms with Gasteiger partial charge in [0.25, 0.3) is 0 Å². The van der Waals surface area contributed by atoms with Gasteiger partial charge in [0.1, 0.15) is 0 Å². The topological polar surface area (TPSA) is 55.8 Å². The second-order valence-corrected chi connectivity index (χ2v) is 9.85. The molecule has 2 saturated carbocycles. The van der Waals surface area contributed by atoms with Gasteiger partial charge in [0.05, 0.1) is 12.2 Å². The minimum atomic E-state index is -3.95. The van der Waals surface area contributed by atoms with Crippen LogP contribution in [0.5, 0.6) is 0 Å². The summed E-state index contributed by atoms with van der Waals surface area (Å²) in [6, 6.07) is 0. The second-order valence-electron chi connectivity index (χ2n) is 8.49. The zero-order valence-electron chi connectivity index (χ0n) is 16.8. The van der Waals surface area contributed by atoms with Gasteiger partial charge in [-0.3, -0.25) is 9.05 Å². The highest BCUT2D eigenvalue weighted by molar-refractivity contribution is 7.47. The third-order valence-electron chi connectivity index (χ3n) is 7.55. The average Bonchev–Trinajstić information content (AvgIpc) is 2.63. The Kier molecular flexibility index (Phi) is 7.59. The Labute approximate surface area is 154 Å². The van der Waals surface area contributed by atoms with Gasteiger partial charge in [-0.2, -0.15) is 0 Å². The van der Waals surface area contributed by atoms with Crippen molar-refractivity contribution >= 4 is 7.82 Å². The molecule has 0 aromatic heterocycles. The molecule has 0 aliphatic heterocycles. The first-order chi connectivity index (χ1) is 11.8. The van der Waals surface area contributed by atoms with Gasteiger partial charge in [0.2, 0.25) is 0 Å². The molecule has 4 nitrogen and oxygen atoms in total. The molecular weight excluding hydrogens is 335 g/mol. The molecule has 2 rings (SSSR count). The second kappa shape index (κ2) is 8.87. The van der Waals surface area contributed by atoms with Crippen LogP contribution in [-0.4, -0.2) is 17.1 Å². The molecule has 0 radical (unpaired) electrons. The minimum Gasteiger partial charge on any atom is -0.302 e. The summed E-state index contributed by atoms with van der Waals surface area (Å²) in [5, 5.41) is 0. The number of phosphoric ester groups is 1. The average molecular weight is 375 g/mol. The third kappa shape index (κ3) is 5.54. The number of rotatable bonds is 8. The van der Waals surface area contributed by atoms with Gasteiger partial charge >= 0.3 is 7.82 Å². The molecule has 25 heavy (non-hydrogen) atoms. The highest BCUT2D eigenvalue weighted by atomic mass is 31.2. The summed E-state index contributed by atoms with van der Waals surface area (Å²) >= 11 is 0. The normalized spacial score (nSPS) is 25.2.